The second-order valence-corrected chi connectivity index (χ2v) is 8.54. The molecule has 146 valence electrons. The number of aryl methyl sites for hydroxylation is 2. The molecule has 1 saturated heterocycles. The molecule has 1 atom stereocenters. The first-order valence-corrected chi connectivity index (χ1v) is 10.5. The van der Waals surface area contributed by atoms with E-state index >= 15 is 0 Å². The summed E-state index contributed by atoms with van der Waals surface area (Å²) >= 11 is 0. The van der Waals surface area contributed by atoms with Crippen molar-refractivity contribution in [3.8, 4) is 11.8 Å². The molecule has 0 radical (unpaired) electrons. The van der Waals surface area contributed by atoms with E-state index in [0.717, 1.165) is 30.4 Å². The molecule has 2 heterocycles. The summed E-state index contributed by atoms with van der Waals surface area (Å²) in [7, 11) is -2.02. The van der Waals surface area contributed by atoms with E-state index in [1.165, 1.54) is 4.31 Å². The molecule has 1 fully saturated rings. The quantitative estimate of drug-likeness (QED) is 0.753. The van der Waals surface area contributed by atoms with Crippen LogP contribution in [-0.4, -0.2) is 49.0 Å². The Bertz CT molecular complexity index is 884. The van der Waals surface area contributed by atoms with Crippen LogP contribution in [0.15, 0.2) is 35.5 Å². The van der Waals surface area contributed by atoms with Crippen molar-refractivity contribution >= 4 is 10.0 Å². The molecule has 7 nitrogen and oxygen atoms in total. The maximum Gasteiger partial charge on any atom is 0.316 e. The van der Waals surface area contributed by atoms with Gasteiger partial charge in [0.15, 0.2) is 0 Å². The number of benzene rings is 1. The molecule has 0 spiro atoms. The lowest BCUT2D eigenvalue weighted by atomic mass is 10.1. The molecular weight excluding hydrogens is 366 g/mol. The minimum Gasteiger partial charge on any atom is -0.496 e. The Morgan fingerprint density at radius 3 is 2.63 bits per heavy atom. The zero-order valence-corrected chi connectivity index (χ0v) is 16.7. The molecule has 0 saturated carbocycles. The normalized spacial score (nSPS) is 18.3. The van der Waals surface area contributed by atoms with Crippen molar-refractivity contribution in [2.24, 2.45) is 0 Å². The number of hydrogen-bond donors (Lipinski definition) is 0. The highest BCUT2D eigenvalue weighted by Crippen LogP contribution is 2.26. The van der Waals surface area contributed by atoms with E-state index in [1.807, 2.05) is 13.8 Å². The number of methoxy groups -OCH3 is 1. The van der Waals surface area contributed by atoms with Gasteiger partial charge in [-0.15, -0.1) is 0 Å². The van der Waals surface area contributed by atoms with Gasteiger partial charge >= 0.3 is 6.01 Å². The van der Waals surface area contributed by atoms with E-state index in [-0.39, 0.29) is 23.6 Å². The van der Waals surface area contributed by atoms with Crippen molar-refractivity contribution in [1.82, 2.24) is 14.3 Å². The first kappa shape index (κ1) is 19.6. The fraction of sp³-hybridized carbons (Fsp3) is 0.474. The van der Waals surface area contributed by atoms with Crippen LogP contribution in [0.2, 0.25) is 0 Å². The zero-order chi connectivity index (χ0) is 19.4. The standard InChI is InChI=1S/C19H25N3O4S/c1-4-15-11-20-19(21-12-15)26-16-6-5-9-22(13-16)27(23,24)17-7-8-18(25-3)14(2)10-17/h7-8,10-12,16H,4-6,9,13H2,1-3H3. The van der Waals surface area contributed by atoms with Gasteiger partial charge in [0.2, 0.25) is 10.0 Å². The molecule has 8 heteroatoms. The largest absolute Gasteiger partial charge is 0.496 e. The van der Waals surface area contributed by atoms with Gasteiger partial charge in [-0.3, -0.25) is 0 Å². The fourth-order valence-electron chi connectivity index (χ4n) is 3.12. The minimum atomic E-state index is -3.59. The Hall–Kier alpha value is -2.19. The lowest BCUT2D eigenvalue weighted by molar-refractivity contribution is 0.119. The van der Waals surface area contributed by atoms with Gasteiger partial charge in [-0.25, -0.2) is 18.4 Å². The van der Waals surface area contributed by atoms with Crippen LogP contribution in [0.25, 0.3) is 0 Å². The zero-order valence-electron chi connectivity index (χ0n) is 15.9. The maximum absolute atomic E-state index is 13.0. The van der Waals surface area contributed by atoms with Crippen molar-refractivity contribution in [2.45, 2.75) is 44.1 Å². The van der Waals surface area contributed by atoms with Crippen LogP contribution in [0.5, 0.6) is 11.8 Å². The monoisotopic (exact) mass is 391 g/mol. The van der Waals surface area contributed by atoms with Crippen LogP contribution in [0.3, 0.4) is 0 Å². The maximum atomic E-state index is 13.0. The van der Waals surface area contributed by atoms with Gasteiger partial charge in [-0.1, -0.05) is 6.92 Å². The number of rotatable bonds is 6. The van der Waals surface area contributed by atoms with Gasteiger partial charge in [-0.05, 0) is 55.5 Å². The number of ether oxygens (including phenoxy) is 2. The lowest BCUT2D eigenvalue weighted by Crippen LogP contribution is -2.44. The molecule has 1 aromatic carbocycles. The third-order valence-electron chi connectivity index (χ3n) is 4.71. The Kier molecular flexibility index (Phi) is 5.96. The molecule has 27 heavy (non-hydrogen) atoms. The predicted molar refractivity (Wildman–Crippen MR) is 102 cm³/mol. The average Bonchev–Trinajstić information content (AvgIpc) is 2.68. The van der Waals surface area contributed by atoms with E-state index in [2.05, 4.69) is 9.97 Å². The van der Waals surface area contributed by atoms with Crippen LogP contribution < -0.4 is 9.47 Å². The number of nitrogens with zero attached hydrogens (tertiary/aromatic N) is 3. The number of aromatic nitrogens is 2. The van der Waals surface area contributed by atoms with Gasteiger partial charge in [0.05, 0.1) is 18.6 Å². The summed E-state index contributed by atoms with van der Waals surface area (Å²) in [5.74, 6) is 0.668. The number of hydrogen-bond acceptors (Lipinski definition) is 6. The Labute approximate surface area is 160 Å². The van der Waals surface area contributed by atoms with Crippen LogP contribution in [-0.2, 0) is 16.4 Å². The van der Waals surface area contributed by atoms with Gasteiger partial charge in [0, 0.05) is 18.9 Å². The van der Waals surface area contributed by atoms with Crippen molar-refractivity contribution in [3.63, 3.8) is 0 Å². The highest BCUT2D eigenvalue weighted by molar-refractivity contribution is 7.89. The molecule has 0 N–H and O–H groups in total. The molecular formula is C19H25N3O4S. The highest BCUT2D eigenvalue weighted by Gasteiger charge is 2.31. The first-order valence-electron chi connectivity index (χ1n) is 9.06. The summed E-state index contributed by atoms with van der Waals surface area (Å²) in [4.78, 5) is 8.68. The molecule has 1 aliphatic rings. The van der Waals surface area contributed by atoms with Gasteiger partial charge < -0.3 is 9.47 Å². The van der Waals surface area contributed by atoms with Crippen LogP contribution in [0.1, 0.15) is 30.9 Å². The van der Waals surface area contributed by atoms with E-state index in [0.29, 0.717) is 12.3 Å². The smallest absolute Gasteiger partial charge is 0.316 e. The summed E-state index contributed by atoms with van der Waals surface area (Å²) in [5, 5.41) is 0. The van der Waals surface area contributed by atoms with E-state index in [9.17, 15) is 8.42 Å². The molecule has 1 aliphatic heterocycles. The molecule has 0 amide bonds. The summed E-state index contributed by atoms with van der Waals surface area (Å²) < 4.78 is 38.6. The summed E-state index contributed by atoms with van der Waals surface area (Å²) in [5.41, 5.74) is 1.82. The summed E-state index contributed by atoms with van der Waals surface area (Å²) in [6.45, 7) is 4.62. The predicted octanol–water partition coefficient (Wildman–Crippen LogP) is 2.59. The van der Waals surface area contributed by atoms with Crippen LogP contribution in [0, 0.1) is 6.92 Å². The van der Waals surface area contributed by atoms with Gasteiger partial charge in [0.25, 0.3) is 0 Å². The average molecular weight is 391 g/mol. The lowest BCUT2D eigenvalue weighted by Gasteiger charge is -2.31. The second kappa shape index (κ2) is 8.22. The van der Waals surface area contributed by atoms with Crippen molar-refractivity contribution in [1.29, 1.82) is 0 Å². The molecule has 2 aromatic rings. The van der Waals surface area contributed by atoms with Crippen molar-refractivity contribution in [3.05, 3.63) is 41.7 Å². The fourth-order valence-corrected chi connectivity index (χ4v) is 4.71. The number of piperidine rings is 1. The van der Waals surface area contributed by atoms with E-state index in [4.69, 9.17) is 9.47 Å². The Morgan fingerprint density at radius 2 is 2.00 bits per heavy atom. The Morgan fingerprint density at radius 1 is 1.26 bits per heavy atom. The third-order valence-corrected chi connectivity index (χ3v) is 6.57. The van der Waals surface area contributed by atoms with Crippen LogP contribution >= 0.6 is 0 Å². The topological polar surface area (TPSA) is 81.6 Å². The molecule has 0 aliphatic carbocycles. The molecule has 1 aromatic heterocycles. The summed E-state index contributed by atoms with van der Waals surface area (Å²) in [6.07, 6.45) is 5.57. The number of sulfonamides is 1. The third kappa shape index (κ3) is 4.39. The summed E-state index contributed by atoms with van der Waals surface area (Å²) in [6, 6.07) is 5.20. The van der Waals surface area contributed by atoms with Crippen molar-refractivity contribution < 1.29 is 17.9 Å². The van der Waals surface area contributed by atoms with E-state index < -0.39 is 10.0 Å². The Balaban J connectivity index is 1.73. The molecule has 3 rings (SSSR count). The minimum absolute atomic E-state index is 0.264. The first-order chi connectivity index (χ1) is 12.9. The van der Waals surface area contributed by atoms with Gasteiger partial charge in [0.1, 0.15) is 11.9 Å². The molecule has 0 bridgehead atoms. The van der Waals surface area contributed by atoms with E-state index in [1.54, 1.807) is 37.7 Å². The molecule has 1 unspecified atom stereocenters. The van der Waals surface area contributed by atoms with Gasteiger partial charge in [-0.2, -0.15) is 4.31 Å². The highest BCUT2D eigenvalue weighted by atomic mass is 32.2. The van der Waals surface area contributed by atoms with Crippen molar-refractivity contribution in [2.75, 3.05) is 20.2 Å². The second-order valence-electron chi connectivity index (χ2n) is 6.60. The van der Waals surface area contributed by atoms with Crippen LogP contribution in [0.4, 0.5) is 0 Å². The SMILES string of the molecule is CCc1cnc(OC2CCCN(S(=O)(=O)c3ccc(OC)c(C)c3)C2)nc1.